The maximum absolute atomic E-state index is 4.61. The van der Waals surface area contributed by atoms with Gasteiger partial charge in [0.25, 0.3) is 0 Å². The summed E-state index contributed by atoms with van der Waals surface area (Å²) in [5.41, 5.74) is 3.03. The molecule has 0 aliphatic heterocycles. The zero-order valence-electron chi connectivity index (χ0n) is 8.77. The molecular formula is C13H8Br2N2. The number of hydrogen-bond acceptors (Lipinski definition) is 1. The molecule has 17 heavy (non-hydrogen) atoms. The molecule has 0 atom stereocenters. The van der Waals surface area contributed by atoms with Crippen LogP contribution in [0.3, 0.4) is 0 Å². The number of fused-ring (bicyclic) bond motifs is 1. The molecule has 0 radical (unpaired) electrons. The first-order chi connectivity index (χ1) is 8.24. The van der Waals surface area contributed by atoms with Crippen molar-refractivity contribution < 1.29 is 0 Å². The summed E-state index contributed by atoms with van der Waals surface area (Å²) in [5.74, 6) is 0. The molecule has 0 unspecified atom stereocenters. The maximum Gasteiger partial charge on any atom is 0.151 e. The molecule has 1 aromatic carbocycles. The van der Waals surface area contributed by atoms with Gasteiger partial charge < -0.3 is 4.40 Å². The van der Waals surface area contributed by atoms with Gasteiger partial charge >= 0.3 is 0 Å². The molecule has 3 aromatic rings. The molecule has 0 saturated heterocycles. The van der Waals surface area contributed by atoms with Crippen LogP contribution < -0.4 is 0 Å². The van der Waals surface area contributed by atoms with E-state index in [1.807, 2.05) is 41.1 Å². The quantitative estimate of drug-likeness (QED) is 0.629. The minimum atomic E-state index is 0.936. The van der Waals surface area contributed by atoms with Gasteiger partial charge in [0.1, 0.15) is 0 Å². The summed E-state index contributed by atoms with van der Waals surface area (Å²) in [6.07, 6.45) is 4.03. The Morgan fingerprint density at radius 3 is 2.47 bits per heavy atom. The van der Waals surface area contributed by atoms with Crippen LogP contribution in [-0.2, 0) is 0 Å². The third-order valence-corrected chi connectivity index (χ3v) is 3.72. The molecule has 2 nitrogen and oxygen atoms in total. The van der Waals surface area contributed by atoms with Gasteiger partial charge in [-0.25, -0.2) is 4.98 Å². The van der Waals surface area contributed by atoms with Gasteiger partial charge in [-0.05, 0) is 40.2 Å². The van der Waals surface area contributed by atoms with E-state index in [4.69, 9.17) is 0 Å². The molecule has 0 saturated carbocycles. The topological polar surface area (TPSA) is 17.3 Å². The summed E-state index contributed by atoms with van der Waals surface area (Å²) in [7, 11) is 0. The second-order valence-electron chi connectivity index (χ2n) is 3.72. The Morgan fingerprint density at radius 2 is 1.76 bits per heavy atom. The van der Waals surface area contributed by atoms with Crippen molar-refractivity contribution in [3.05, 3.63) is 57.7 Å². The zero-order valence-corrected chi connectivity index (χ0v) is 11.9. The van der Waals surface area contributed by atoms with E-state index < -0.39 is 0 Å². The second kappa shape index (κ2) is 4.27. The third kappa shape index (κ3) is 2.03. The van der Waals surface area contributed by atoms with E-state index in [-0.39, 0.29) is 0 Å². The molecule has 4 heteroatoms. The smallest absolute Gasteiger partial charge is 0.151 e. The van der Waals surface area contributed by atoms with Crippen LogP contribution in [0.4, 0.5) is 0 Å². The normalized spacial score (nSPS) is 10.9. The number of halogens is 2. The van der Waals surface area contributed by atoms with E-state index in [0.29, 0.717) is 0 Å². The molecule has 0 N–H and O–H groups in total. The Labute approximate surface area is 116 Å². The Balaban J connectivity index is 2.18. The fourth-order valence-corrected chi connectivity index (χ4v) is 2.45. The highest BCUT2D eigenvalue weighted by molar-refractivity contribution is 9.10. The van der Waals surface area contributed by atoms with Crippen LogP contribution in [0, 0.1) is 0 Å². The lowest BCUT2D eigenvalue weighted by Gasteiger charge is -1.95. The molecule has 0 fully saturated rings. The first-order valence-electron chi connectivity index (χ1n) is 5.13. The van der Waals surface area contributed by atoms with Crippen molar-refractivity contribution in [1.82, 2.24) is 9.38 Å². The van der Waals surface area contributed by atoms with Gasteiger partial charge in [-0.1, -0.05) is 28.1 Å². The Bertz CT molecular complexity index is 671. The molecule has 3 rings (SSSR count). The lowest BCUT2D eigenvalue weighted by molar-refractivity contribution is 1.18. The molecule has 0 aliphatic rings. The van der Waals surface area contributed by atoms with E-state index in [2.05, 4.69) is 49.0 Å². The summed E-state index contributed by atoms with van der Waals surface area (Å²) in [6.45, 7) is 0. The minimum absolute atomic E-state index is 0.936. The van der Waals surface area contributed by atoms with Crippen molar-refractivity contribution in [3.8, 4) is 11.3 Å². The van der Waals surface area contributed by atoms with Crippen molar-refractivity contribution in [1.29, 1.82) is 0 Å². The highest BCUT2D eigenvalue weighted by Crippen LogP contribution is 2.24. The number of rotatable bonds is 1. The average Bonchev–Trinajstić information content (AvgIpc) is 2.75. The zero-order chi connectivity index (χ0) is 11.8. The molecule has 84 valence electrons. The van der Waals surface area contributed by atoms with Crippen molar-refractivity contribution in [2.45, 2.75) is 0 Å². The van der Waals surface area contributed by atoms with Crippen LogP contribution in [0.2, 0.25) is 0 Å². The SMILES string of the molecule is Brc1ccc(-c2cn3cccc(Br)c3n2)cc1. The number of benzene rings is 1. The van der Waals surface area contributed by atoms with Gasteiger partial charge in [-0.2, -0.15) is 0 Å². The van der Waals surface area contributed by atoms with Crippen molar-refractivity contribution in [2.75, 3.05) is 0 Å². The summed E-state index contributed by atoms with van der Waals surface area (Å²) in [4.78, 5) is 4.61. The van der Waals surface area contributed by atoms with E-state index in [0.717, 1.165) is 25.8 Å². The molecule has 0 aliphatic carbocycles. The fraction of sp³-hybridized carbons (Fsp3) is 0. The first-order valence-corrected chi connectivity index (χ1v) is 6.72. The molecule has 2 heterocycles. The number of hydrogen-bond donors (Lipinski definition) is 0. The van der Waals surface area contributed by atoms with Gasteiger partial charge in [0, 0.05) is 22.4 Å². The highest BCUT2D eigenvalue weighted by atomic mass is 79.9. The molecule has 0 spiro atoms. The van der Waals surface area contributed by atoms with Gasteiger partial charge in [-0.15, -0.1) is 0 Å². The predicted octanol–water partition coefficient (Wildman–Crippen LogP) is 4.53. The van der Waals surface area contributed by atoms with Gasteiger partial charge in [-0.3, -0.25) is 0 Å². The molecule has 0 bridgehead atoms. The van der Waals surface area contributed by atoms with Gasteiger partial charge in [0.2, 0.25) is 0 Å². The van der Waals surface area contributed by atoms with E-state index in [9.17, 15) is 0 Å². The van der Waals surface area contributed by atoms with E-state index in [1.165, 1.54) is 0 Å². The Morgan fingerprint density at radius 1 is 1.00 bits per heavy atom. The lowest BCUT2D eigenvalue weighted by Crippen LogP contribution is -1.80. The monoisotopic (exact) mass is 350 g/mol. The van der Waals surface area contributed by atoms with Crippen molar-refractivity contribution in [2.24, 2.45) is 0 Å². The summed E-state index contributed by atoms with van der Waals surface area (Å²) < 4.78 is 4.09. The molecule has 0 amide bonds. The van der Waals surface area contributed by atoms with Crippen LogP contribution in [0.5, 0.6) is 0 Å². The average molecular weight is 352 g/mol. The van der Waals surface area contributed by atoms with Crippen LogP contribution >= 0.6 is 31.9 Å². The van der Waals surface area contributed by atoms with Crippen LogP contribution in [0.25, 0.3) is 16.9 Å². The first kappa shape index (κ1) is 11.0. The van der Waals surface area contributed by atoms with Crippen LogP contribution in [0.1, 0.15) is 0 Å². The molecular weight excluding hydrogens is 344 g/mol. The number of aromatic nitrogens is 2. The predicted molar refractivity (Wildman–Crippen MR) is 76.0 cm³/mol. The maximum atomic E-state index is 4.61. The number of nitrogens with zero attached hydrogens (tertiary/aromatic N) is 2. The third-order valence-electron chi connectivity index (χ3n) is 2.58. The summed E-state index contributed by atoms with van der Waals surface area (Å²) in [5, 5.41) is 0. The molecule has 2 aromatic heterocycles. The summed E-state index contributed by atoms with van der Waals surface area (Å²) in [6, 6.07) is 12.1. The number of imidazole rings is 1. The van der Waals surface area contributed by atoms with Crippen molar-refractivity contribution in [3.63, 3.8) is 0 Å². The Hall–Kier alpha value is -1.13. The highest BCUT2D eigenvalue weighted by Gasteiger charge is 2.06. The Kier molecular flexibility index (Phi) is 2.76. The minimum Gasteiger partial charge on any atom is -0.306 e. The second-order valence-corrected chi connectivity index (χ2v) is 5.49. The van der Waals surface area contributed by atoms with E-state index >= 15 is 0 Å². The number of pyridine rings is 1. The largest absolute Gasteiger partial charge is 0.306 e. The van der Waals surface area contributed by atoms with Crippen LogP contribution in [-0.4, -0.2) is 9.38 Å². The van der Waals surface area contributed by atoms with E-state index in [1.54, 1.807) is 0 Å². The summed E-state index contributed by atoms with van der Waals surface area (Å²) >= 11 is 6.93. The van der Waals surface area contributed by atoms with Crippen molar-refractivity contribution >= 4 is 37.5 Å². The van der Waals surface area contributed by atoms with Gasteiger partial charge in [0.05, 0.1) is 10.2 Å². The van der Waals surface area contributed by atoms with Crippen LogP contribution in [0.15, 0.2) is 57.7 Å². The standard InChI is InChI=1S/C13H8Br2N2/c14-10-5-3-9(4-6-10)12-8-17-7-1-2-11(15)13(17)16-12/h1-8H. The van der Waals surface area contributed by atoms with Gasteiger partial charge in [0.15, 0.2) is 5.65 Å². The lowest BCUT2D eigenvalue weighted by atomic mass is 10.2. The fourth-order valence-electron chi connectivity index (χ4n) is 1.74.